The summed E-state index contributed by atoms with van der Waals surface area (Å²) in [7, 11) is 0. The van der Waals surface area contributed by atoms with Crippen LogP contribution in [0.25, 0.3) is 5.69 Å². The van der Waals surface area contributed by atoms with Crippen LogP contribution >= 0.6 is 0 Å². The number of hydrogen-bond donors (Lipinski definition) is 1. The molecule has 0 saturated heterocycles. The summed E-state index contributed by atoms with van der Waals surface area (Å²) in [5, 5.41) is 17.7. The monoisotopic (exact) mass is 443 g/mol. The molecule has 0 aliphatic carbocycles. The van der Waals surface area contributed by atoms with Crippen molar-refractivity contribution < 1.29 is 9.53 Å². The van der Waals surface area contributed by atoms with Crippen LogP contribution in [0.2, 0.25) is 0 Å². The molecular weight excluding hydrogens is 418 g/mol. The maximum atomic E-state index is 12.8. The zero-order valence-corrected chi connectivity index (χ0v) is 19.0. The van der Waals surface area contributed by atoms with E-state index in [-0.39, 0.29) is 16.8 Å². The van der Waals surface area contributed by atoms with Crippen LogP contribution in [0, 0.1) is 18.3 Å². The van der Waals surface area contributed by atoms with Crippen molar-refractivity contribution in [2.24, 2.45) is 5.10 Å². The van der Waals surface area contributed by atoms with Crippen LogP contribution in [-0.4, -0.2) is 28.5 Å². The third kappa shape index (κ3) is 5.33. The number of nitrogens with zero attached hydrogens (tertiary/aromatic N) is 4. The number of benzene rings is 2. The first-order chi connectivity index (χ1) is 15.8. The summed E-state index contributed by atoms with van der Waals surface area (Å²) in [6.07, 6.45) is 1.52. The summed E-state index contributed by atoms with van der Waals surface area (Å²) >= 11 is 0. The van der Waals surface area contributed by atoms with E-state index >= 15 is 0 Å². The average Bonchev–Trinajstić information content (AvgIpc) is 2.81. The summed E-state index contributed by atoms with van der Waals surface area (Å²) in [5.74, 6) is 0.430. The zero-order valence-electron chi connectivity index (χ0n) is 19.0. The fourth-order valence-electron chi connectivity index (χ4n) is 3.16. The van der Waals surface area contributed by atoms with Crippen molar-refractivity contribution in [2.45, 2.75) is 33.6 Å². The first kappa shape index (κ1) is 23.4. The fraction of sp³-hybridized carbons (Fsp3) is 0.240. The number of rotatable bonds is 7. The Kier molecular flexibility index (Phi) is 7.36. The smallest absolute Gasteiger partial charge is 0.292 e. The zero-order chi connectivity index (χ0) is 24.0. The van der Waals surface area contributed by atoms with E-state index in [4.69, 9.17) is 4.74 Å². The molecule has 0 radical (unpaired) electrons. The van der Waals surface area contributed by atoms with Gasteiger partial charge < -0.3 is 4.74 Å². The van der Waals surface area contributed by atoms with Crippen molar-refractivity contribution in [1.82, 2.24) is 15.2 Å². The molecule has 0 fully saturated rings. The van der Waals surface area contributed by atoms with Gasteiger partial charge in [0.25, 0.3) is 11.5 Å². The van der Waals surface area contributed by atoms with Crippen molar-refractivity contribution in [2.75, 3.05) is 6.61 Å². The predicted octanol–water partition coefficient (Wildman–Crippen LogP) is 3.70. The van der Waals surface area contributed by atoms with Crippen molar-refractivity contribution in [3.8, 4) is 17.5 Å². The highest BCUT2D eigenvalue weighted by atomic mass is 16.5. The van der Waals surface area contributed by atoms with Gasteiger partial charge in [0.05, 0.1) is 18.5 Å². The number of nitriles is 1. The Bertz CT molecular complexity index is 1270. The molecule has 1 heterocycles. The van der Waals surface area contributed by atoms with E-state index in [1.54, 1.807) is 24.3 Å². The topological polar surface area (TPSA) is 109 Å². The van der Waals surface area contributed by atoms with Gasteiger partial charge in [-0.15, -0.1) is 0 Å². The van der Waals surface area contributed by atoms with Crippen LogP contribution in [-0.2, 0) is 0 Å². The summed E-state index contributed by atoms with van der Waals surface area (Å²) in [5.41, 5.74) is 4.22. The minimum atomic E-state index is -0.626. The first-order valence-corrected chi connectivity index (χ1v) is 10.6. The van der Waals surface area contributed by atoms with Crippen LogP contribution in [0.3, 0.4) is 0 Å². The second-order valence-electron chi connectivity index (χ2n) is 7.62. The van der Waals surface area contributed by atoms with Gasteiger partial charge in [0.15, 0.2) is 5.69 Å². The lowest BCUT2D eigenvalue weighted by Crippen LogP contribution is -2.31. The Hall–Kier alpha value is -4.25. The molecule has 0 aliphatic rings. The van der Waals surface area contributed by atoms with Gasteiger partial charge in [0, 0.05) is 5.56 Å². The molecule has 1 amide bonds. The molecule has 0 unspecified atom stereocenters. The average molecular weight is 444 g/mol. The minimum absolute atomic E-state index is 0.0626. The lowest BCUT2D eigenvalue weighted by molar-refractivity contribution is 0.0947. The maximum Gasteiger partial charge on any atom is 0.292 e. The molecule has 0 atom stereocenters. The summed E-state index contributed by atoms with van der Waals surface area (Å²) in [6, 6.07) is 16.4. The normalized spacial score (nSPS) is 10.9. The molecule has 0 saturated carbocycles. The van der Waals surface area contributed by atoms with E-state index < -0.39 is 11.5 Å². The quantitative estimate of drug-likeness (QED) is 0.442. The van der Waals surface area contributed by atoms with Gasteiger partial charge in [-0.25, -0.2) is 5.43 Å². The van der Waals surface area contributed by atoms with Crippen molar-refractivity contribution in [3.63, 3.8) is 0 Å². The number of amides is 1. The number of ether oxygens (including phenoxy) is 1. The van der Waals surface area contributed by atoms with Gasteiger partial charge in [-0.3, -0.25) is 9.59 Å². The van der Waals surface area contributed by atoms with Crippen LogP contribution in [0.4, 0.5) is 0 Å². The Morgan fingerprint density at radius 1 is 1.21 bits per heavy atom. The van der Waals surface area contributed by atoms with Crippen molar-refractivity contribution in [1.29, 1.82) is 5.26 Å². The summed E-state index contributed by atoms with van der Waals surface area (Å²) in [4.78, 5) is 25.5. The summed E-state index contributed by atoms with van der Waals surface area (Å²) in [6.45, 7) is 8.11. The molecule has 1 aromatic heterocycles. The molecular formula is C25H25N5O3. The lowest BCUT2D eigenvalue weighted by Gasteiger charge is -2.11. The lowest BCUT2D eigenvalue weighted by atomic mass is 10.0. The molecule has 8 nitrogen and oxygen atoms in total. The second kappa shape index (κ2) is 10.4. The number of hydrazone groups is 1. The molecule has 1 N–H and O–H groups in total. The Labute approximate surface area is 192 Å². The first-order valence-electron chi connectivity index (χ1n) is 10.6. The number of aromatic nitrogens is 2. The number of carbonyl (C=O) groups excluding carboxylic acids is 1. The molecule has 0 aliphatic heterocycles. The van der Waals surface area contributed by atoms with Gasteiger partial charge in [0.1, 0.15) is 17.4 Å². The highest BCUT2D eigenvalue weighted by Crippen LogP contribution is 2.16. The molecule has 2 aromatic carbocycles. The van der Waals surface area contributed by atoms with Crippen LogP contribution in [0.15, 0.2) is 58.4 Å². The SMILES string of the molecule is CCOc1ccc(-n2nc(C(=O)N/N=C/c3ccc(C(C)C)cc3)c(C)c(C#N)c2=O)cc1. The predicted molar refractivity (Wildman–Crippen MR) is 126 cm³/mol. The van der Waals surface area contributed by atoms with E-state index in [0.717, 1.165) is 10.2 Å². The van der Waals surface area contributed by atoms with Crippen LogP contribution < -0.4 is 15.7 Å². The molecule has 33 heavy (non-hydrogen) atoms. The number of hydrogen-bond acceptors (Lipinski definition) is 6. The van der Waals surface area contributed by atoms with Gasteiger partial charge in [-0.1, -0.05) is 38.1 Å². The molecule has 3 rings (SSSR count). The largest absolute Gasteiger partial charge is 0.494 e. The molecule has 0 bridgehead atoms. The fourth-order valence-corrected chi connectivity index (χ4v) is 3.16. The highest BCUT2D eigenvalue weighted by Gasteiger charge is 2.20. The van der Waals surface area contributed by atoms with Gasteiger partial charge in [0.2, 0.25) is 0 Å². The van der Waals surface area contributed by atoms with Gasteiger partial charge in [-0.05, 0) is 55.2 Å². The van der Waals surface area contributed by atoms with Crippen LogP contribution in [0.5, 0.6) is 5.75 Å². The molecule has 0 spiro atoms. The van der Waals surface area contributed by atoms with E-state index in [0.29, 0.717) is 24.0 Å². The number of carbonyl (C=O) groups is 1. The van der Waals surface area contributed by atoms with E-state index in [1.807, 2.05) is 37.3 Å². The Morgan fingerprint density at radius 2 is 1.88 bits per heavy atom. The van der Waals surface area contributed by atoms with Gasteiger partial charge in [-0.2, -0.15) is 20.1 Å². The molecule has 3 aromatic rings. The standard InChI is InChI=1S/C25H25N5O3/c1-5-33-21-12-10-20(11-13-21)30-25(32)22(14-26)17(4)23(29-30)24(31)28-27-15-18-6-8-19(9-7-18)16(2)3/h6-13,15-16H,5H2,1-4H3,(H,28,31)/b27-15+. The molecule has 8 heteroatoms. The van der Waals surface area contributed by atoms with Gasteiger partial charge >= 0.3 is 0 Å². The Balaban J connectivity index is 1.88. The maximum absolute atomic E-state index is 12.8. The number of nitrogens with one attached hydrogen (secondary N) is 1. The van der Waals surface area contributed by atoms with E-state index in [9.17, 15) is 14.9 Å². The third-order valence-electron chi connectivity index (χ3n) is 5.04. The van der Waals surface area contributed by atoms with E-state index in [2.05, 4.69) is 29.5 Å². The molecule has 168 valence electrons. The third-order valence-corrected chi connectivity index (χ3v) is 5.04. The summed E-state index contributed by atoms with van der Waals surface area (Å²) < 4.78 is 6.44. The van der Waals surface area contributed by atoms with Crippen molar-refractivity contribution >= 4 is 12.1 Å². The minimum Gasteiger partial charge on any atom is -0.494 e. The van der Waals surface area contributed by atoms with Crippen LogP contribution in [0.1, 0.15) is 59.4 Å². The van der Waals surface area contributed by atoms with Crippen molar-refractivity contribution in [3.05, 3.63) is 86.8 Å². The second-order valence-corrected chi connectivity index (χ2v) is 7.62. The highest BCUT2D eigenvalue weighted by molar-refractivity contribution is 5.94. The Morgan fingerprint density at radius 3 is 2.45 bits per heavy atom. The van der Waals surface area contributed by atoms with E-state index in [1.165, 1.54) is 18.7 Å².